The SMILES string of the molecule is COc1cc(Cl)c(C)cc1NCC(=O)Nc1cccc(Cl)c1C. The van der Waals surface area contributed by atoms with E-state index in [1.807, 2.05) is 26.0 Å². The van der Waals surface area contributed by atoms with Gasteiger partial charge in [-0.2, -0.15) is 0 Å². The third-order valence-corrected chi connectivity index (χ3v) is 4.28. The van der Waals surface area contributed by atoms with Crippen LogP contribution in [0.5, 0.6) is 5.75 Å². The average Bonchev–Trinajstić information content (AvgIpc) is 2.52. The van der Waals surface area contributed by atoms with Crippen molar-refractivity contribution in [2.75, 3.05) is 24.3 Å². The van der Waals surface area contributed by atoms with Crippen LogP contribution in [0.2, 0.25) is 10.0 Å². The Balaban J connectivity index is 2.05. The molecule has 0 atom stereocenters. The maximum Gasteiger partial charge on any atom is 0.243 e. The van der Waals surface area contributed by atoms with E-state index in [2.05, 4.69) is 10.6 Å². The number of amides is 1. The summed E-state index contributed by atoms with van der Waals surface area (Å²) >= 11 is 12.1. The molecule has 6 heteroatoms. The van der Waals surface area contributed by atoms with E-state index in [-0.39, 0.29) is 12.5 Å². The summed E-state index contributed by atoms with van der Waals surface area (Å²) in [4.78, 5) is 12.1. The third-order valence-electron chi connectivity index (χ3n) is 3.46. The molecule has 2 N–H and O–H groups in total. The van der Waals surface area contributed by atoms with Crippen LogP contribution >= 0.6 is 23.2 Å². The molecule has 1 amide bonds. The number of anilines is 2. The van der Waals surface area contributed by atoms with Gasteiger partial charge in [-0.15, -0.1) is 0 Å². The van der Waals surface area contributed by atoms with Gasteiger partial charge in [0.2, 0.25) is 5.91 Å². The molecule has 0 aliphatic carbocycles. The van der Waals surface area contributed by atoms with Crippen LogP contribution in [0, 0.1) is 13.8 Å². The van der Waals surface area contributed by atoms with Gasteiger partial charge in [-0.3, -0.25) is 4.79 Å². The Kier molecular flexibility index (Phi) is 5.74. The van der Waals surface area contributed by atoms with E-state index in [1.165, 1.54) is 0 Å². The Morgan fingerprint density at radius 3 is 2.57 bits per heavy atom. The molecule has 2 rings (SSSR count). The average molecular weight is 353 g/mol. The first-order valence-electron chi connectivity index (χ1n) is 7.05. The highest BCUT2D eigenvalue weighted by Crippen LogP contribution is 2.30. The fourth-order valence-corrected chi connectivity index (χ4v) is 2.41. The van der Waals surface area contributed by atoms with Crippen molar-refractivity contribution in [3.05, 3.63) is 51.5 Å². The molecule has 23 heavy (non-hydrogen) atoms. The molecule has 2 aromatic carbocycles. The molecule has 0 aliphatic heterocycles. The van der Waals surface area contributed by atoms with Gasteiger partial charge in [0.25, 0.3) is 0 Å². The quantitative estimate of drug-likeness (QED) is 0.821. The molecule has 0 aliphatic rings. The van der Waals surface area contributed by atoms with Crippen LogP contribution in [0.3, 0.4) is 0 Å². The van der Waals surface area contributed by atoms with Crippen molar-refractivity contribution in [3.63, 3.8) is 0 Å². The minimum absolute atomic E-state index is 0.101. The maximum absolute atomic E-state index is 12.1. The van der Waals surface area contributed by atoms with E-state index < -0.39 is 0 Å². The summed E-state index contributed by atoms with van der Waals surface area (Å²) in [5.41, 5.74) is 3.15. The lowest BCUT2D eigenvalue weighted by Gasteiger charge is -2.14. The molecule has 4 nitrogen and oxygen atoms in total. The summed E-state index contributed by atoms with van der Waals surface area (Å²) in [6.07, 6.45) is 0. The molecule has 0 saturated heterocycles. The lowest BCUT2D eigenvalue weighted by molar-refractivity contribution is -0.114. The minimum atomic E-state index is -0.176. The standard InChI is InChI=1S/C17H18Cl2N2O2/c1-10-7-15(16(23-3)8-13(10)19)20-9-17(22)21-14-6-4-5-12(18)11(14)2/h4-8,20H,9H2,1-3H3,(H,21,22). The van der Waals surface area contributed by atoms with Gasteiger partial charge >= 0.3 is 0 Å². The Bertz CT molecular complexity index is 733. The molecular formula is C17H18Cl2N2O2. The number of benzene rings is 2. The second-order valence-corrected chi connectivity index (χ2v) is 5.93. The van der Waals surface area contributed by atoms with Crippen LogP contribution in [0.1, 0.15) is 11.1 Å². The second-order valence-electron chi connectivity index (χ2n) is 5.12. The van der Waals surface area contributed by atoms with E-state index in [0.717, 1.165) is 11.1 Å². The maximum atomic E-state index is 12.1. The lowest BCUT2D eigenvalue weighted by Crippen LogP contribution is -2.22. The molecule has 0 radical (unpaired) electrons. The van der Waals surface area contributed by atoms with Gasteiger partial charge in [0.15, 0.2) is 0 Å². The number of halogens is 2. The van der Waals surface area contributed by atoms with Gasteiger partial charge in [0, 0.05) is 21.8 Å². The number of aryl methyl sites for hydroxylation is 1. The largest absolute Gasteiger partial charge is 0.495 e. The van der Waals surface area contributed by atoms with E-state index >= 15 is 0 Å². The normalized spacial score (nSPS) is 10.3. The number of carbonyl (C=O) groups excluding carboxylic acids is 1. The Morgan fingerprint density at radius 2 is 1.87 bits per heavy atom. The van der Waals surface area contributed by atoms with Crippen LogP contribution < -0.4 is 15.4 Å². The molecule has 2 aromatic rings. The van der Waals surface area contributed by atoms with Gasteiger partial charge in [0.05, 0.1) is 19.3 Å². The Morgan fingerprint density at radius 1 is 1.13 bits per heavy atom. The van der Waals surface area contributed by atoms with Crippen molar-refractivity contribution in [2.24, 2.45) is 0 Å². The predicted octanol–water partition coefficient (Wildman–Crippen LogP) is 4.67. The van der Waals surface area contributed by atoms with Crippen molar-refractivity contribution in [3.8, 4) is 5.75 Å². The minimum Gasteiger partial charge on any atom is -0.495 e. The summed E-state index contributed by atoms with van der Waals surface area (Å²) in [6, 6.07) is 8.96. The fourth-order valence-electron chi connectivity index (χ4n) is 2.08. The zero-order valence-corrected chi connectivity index (χ0v) is 14.7. The molecule has 0 fully saturated rings. The van der Waals surface area contributed by atoms with Gasteiger partial charge in [-0.05, 0) is 43.2 Å². The molecule has 0 unspecified atom stereocenters. The summed E-state index contributed by atoms with van der Waals surface area (Å²) in [6.45, 7) is 3.85. The summed E-state index contributed by atoms with van der Waals surface area (Å²) in [5.74, 6) is 0.414. The van der Waals surface area contributed by atoms with Gasteiger partial charge in [0.1, 0.15) is 5.75 Å². The van der Waals surface area contributed by atoms with Gasteiger partial charge < -0.3 is 15.4 Å². The van der Waals surface area contributed by atoms with Crippen molar-refractivity contribution in [2.45, 2.75) is 13.8 Å². The molecule has 0 heterocycles. The second kappa shape index (κ2) is 7.57. The molecule has 0 bridgehead atoms. The number of carbonyl (C=O) groups is 1. The van der Waals surface area contributed by atoms with Crippen molar-refractivity contribution in [1.82, 2.24) is 0 Å². The van der Waals surface area contributed by atoms with Crippen LogP contribution in [0.4, 0.5) is 11.4 Å². The van der Waals surface area contributed by atoms with Gasteiger partial charge in [-0.25, -0.2) is 0 Å². The Hall–Kier alpha value is -1.91. The van der Waals surface area contributed by atoms with E-state index in [0.29, 0.717) is 27.2 Å². The highest BCUT2D eigenvalue weighted by atomic mass is 35.5. The number of nitrogens with one attached hydrogen (secondary N) is 2. The molecule has 0 aromatic heterocycles. The number of methoxy groups -OCH3 is 1. The van der Waals surface area contributed by atoms with E-state index in [4.69, 9.17) is 27.9 Å². The van der Waals surface area contributed by atoms with Crippen LogP contribution in [-0.2, 0) is 4.79 Å². The van der Waals surface area contributed by atoms with E-state index in [1.54, 1.807) is 25.3 Å². The highest BCUT2D eigenvalue weighted by Gasteiger charge is 2.10. The summed E-state index contributed by atoms with van der Waals surface area (Å²) in [7, 11) is 1.56. The summed E-state index contributed by atoms with van der Waals surface area (Å²) in [5, 5.41) is 7.12. The molecule has 0 spiro atoms. The number of hydrogen-bond acceptors (Lipinski definition) is 3. The number of ether oxygens (including phenoxy) is 1. The smallest absolute Gasteiger partial charge is 0.243 e. The monoisotopic (exact) mass is 352 g/mol. The summed E-state index contributed by atoms with van der Waals surface area (Å²) < 4.78 is 5.27. The fraction of sp³-hybridized carbons (Fsp3) is 0.235. The van der Waals surface area contributed by atoms with Crippen molar-refractivity contribution in [1.29, 1.82) is 0 Å². The van der Waals surface area contributed by atoms with Crippen molar-refractivity contribution < 1.29 is 9.53 Å². The third kappa shape index (κ3) is 4.30. The van der Waals surface area contributed by atoms with Crippen LogP contribution in [-0.4, -0.2) is 19.6 Å². The predicted molar refractivity (Wildman–Crippen MR) is 96.0 cm³/mol. The Labute approximate surface area is 145 Å². The zero-order valence-electron chi connectivity index (χ0n) is 13.2. The number of hydrogen-bond donors (Lipinski definition) is 2. The topological polar surface area (TPSA) is 50.4 Å². The van der Waals surface area contributed by atoms with E-state index in [9.17, 15) is 4.79 Å². The number of rotatable bonds is 5. The first kappa shape index (κ1) is 17.4. The zero-order chi connectivity index (χ0) is 17.0. The first-order chi connectivity index (χ1) is 10.9. The van der Waals surface area contributed by atoms with Crippen molar-refractivity contribution >= 4 is 40.5 Å². The van der Waals surface area contributed by atoms with Crippen LogP contribution in [0.15, 0.2) is 30.3 Å². The molecule has 122 valence electrons. The molecule has 0 saturated carbocycles. The van der Waals surface area contributed by atoms with Gasteiger partial charge in [-0.1, -0.05) is 29.3 Å². The highest BCUT2D eigenvalue weighted by molar-refractivity contribution is 6.32. The lowest BCUT2D eigenvalue weighted by atomic mass is 10.2. The van der Waals surface area contributed by atoms with Crippen LogP contribution in [0.25, 0.3) is 0 Å². The first-order valence-corrected chi connectivity index (χ1v) is 7.81. The molecular weight excluding hydrogens is 335 g/mol.